The van der Waals surface area contributed by atoms with E-state index in [4.69, 9.17) is 23.9 Å². The van der Waals surface area contributed by atoms with Gasteiger partial charge in [-0.1, -0.05) is 42.0 Å². The maximum absolute atomic E-state index is 6.07. The molecule has 0 radical (unpaired) electrons. The highest BCUT2D eigenvalue weighted by Crippen LogP contribution is 2.31. The summed E-state index contributed by atoms with van der Waals surface area (Å²) < 4.78 is 22.5. The van der Waals surface area contributed by atoms with Gasteiger partial charge in [0.1, 0.15) is 5.82 Å². The molecular weight excluding hydrogens is 444 g/mol. The number of aryl methyl sites for hydroxylation is 1. The number of azo groups is 1. The number of nitrogens with zero attached hydrogens (tertiary/aromatic N) is 4. The second-order valence-electron chi connectivity index (χ2n) is 8.26. The fourth-order valence-electron chi connectivity index (χ4n) is 3.99. The molecule has 0 atom stereocenters. The number of ether oxygens (including phenoxy) is 4. The molecule has 1 saturated heterocycles. The molecule has 1 aliphatic heterocycles. The Bertz CT molecular complexity index is 1150. The van der Waals surface area contributed by atoms with Gasteiger partial charge in [-0.15, -0.1) is 0 Å². The minimum Gasteiger partial charge on any atom is -0.493 e. The molecule has 2 heterocycles. The maximum Gasteiger partial charge on any atom is 0.217 e. The largest absolute Gasteiger partial charge is 0.493 e. The highest BCUT2D eigenvalue weighted by atomic mass is 16.5. The van der Waals surface area contributed by atoms with Crippen molar-refractivity contribution in [3.63, 3.8) is 0 Å². The van der Waals surface area contributed by atoms with Gasteiger partial charge < -0.3 is 23.8 Å². The van der Waals surface area contributed by atoms with Crippen LogP contribution >= 0.6 is 0 Å². The lowest BCUT2D eigenvalue weighted by Crippen LogP contribution is -2.36. The molecule has 2 aromatic carbocycles. The number of hydrogen-bond acceptors (Lipinski definition) is 8. The van der Waals surface area contributed by atoms with Crippen LogP contribution in [-0.2, 0) is 17.7 Å². The molecule has 0 bridgehead atoms. The van der Waals surface area contributed by atoms with Crippen molar-refractivity contribution >= 4 is 11.5 Å². The second kappa shape index (κ2) is 12.2. The van der Waals surface area contributed by atoms with Gasteiger partial charge in [-0.05, 0) is 18.6 Å². The van der Waals surface area contributed by atoms with Gasteiger partial charge in [0.05, 0.1) is 46.3 Å². The molecule has 0 saturated carbocycles. The molecule has 0 spiro atoms. The molecule has 4 rings (SSSR count). The van der Waals surface area contributed by atoms with Crippen molar-refractivity contribution in [2.45, 2.75) is 19.9 Å². The predicted molar refractivity (Wildman–Crippen MR) is 135 cm³/mol. The Kier molecular flexibility index (Phi) is 8.51. The average molecular weight is 477 g/mol. The smallest absolute Gasteiger partial charge is 0.217 e. The monoisotopic (exact) mass is 476 g/mol. The Morgan fingerprint density at radius 2 is 1.83 bits per heavy atom. The molecule has 35 heavy (non-hydrogen) atoms. The molecule has 0 N–H and O–H groups in total. The van der Waals surface area contributed by atoms with E-state index < -0.39 is 0 Å². The summed E-state index contributed by atoms with van der Waals surface area (Å²) in [5.41, 5.74) is 4.05. The Hall–Kier alpha value is -3.65. The second-order valence-corrected chi connectivity index (χ2v) is 8.26. The third kappa shape index (κ3) is 6.70. The summed E-state index contributed by atoms with van der Waals surface area (Å²) in [4.78, 5) is 6.91. The summed E-state index contributed by atoms with van der Waals surface area (Å²) >= 11 is 0. The van der Waals surface area contributed by atoms with Crippen LogP contribution in [0, 0.1) is 6.92 Å². The lowest BCUT2D eigenvalue weighted by molar-refractivity contribution is 0.122. The summed E-state index contributed by atoms with van der Waals surface area (Å²) in [6.45, 7) is 5.92. The summed E-state index contributed by atoms with van der Waals surface area (Å²) in [6.07, 6.45) is 0.647. The first-order valence-electron chi connectivity index (χ1n) is 11.8. The van der Waals surface area contributed by atoms with Gasteiger partial charge >= 0.3 is 0 Å². The molecule has 3 aromatic rings. The van der Waals surface area contributed by atoms with E-state index in [1.54, 1.807) is 14.2 Å². The van der Waals surface area contributed by atoms with E-state index in [0.717, 1.165) is 35.8 Å². The number of para-hydroxylation sites is 1. The van der Waals surface area contributed by atoms with Gasteiger partial charge in [-0.3, -0.25) is 0 Å². The molecule has 0 amide bonds. The molecule has 8 heteroatoms. The van der Waals surface area contributed by atoms with E-state index in [1.807, 2.05) is 36.4 Å². The normalized spacial score (nSPS) is 13.7. The zero-order valence-electron chi connectivity index (χ0n) is 20.6. The van der Waals surface area contributed by atoms with Gasteiger partial charge in [0.15, 0.2) is 11.5 Å². The van der Waals surface area contributed by atoms with Crippen LogP contribution in [0.5, 0.6) is 17.4 Å². The van der Waals surface area contributed by atoms with Crippen molar-refractivity contribution in [1.82, 2.24) is 4.98 Å². The van der Waals surface area contributed by atoms with Crippen LogP contribution in [0.2, 0.25) is 0 Å². The van der Waals surface area contributed by atoms with E-state index in [2.05, 4.69) is 40.3 Å². The first-order chi connectivity index (χ1) is 17.2. The Morgan fingerprint density at radius 1 is 1.00 bits per heavy atom. The van der Waals surface area contributed by atoms with Crippen LogP contribution in [-0.4, -0.2) is 52.1 Å². The lowest BCUT2D eigenvalue weighted by Gasteiger charge is -2.28. The average Bonchev–Trinajstić information content (AvgIpc) is 2.89. The number of pyridine rings is 1. The van der Waals surface area contributed by atoms with Crippen molar-refractivity contribution in [3.8, 4) is 17.4 Å². The summed E-state index contributed by atoms with van der Waals surface area (Å²) in [5, 5.41) is 8.89. The highest BCUT2D eigenvalue weighted by molar-refractivity contribution is 5.53. The van der Waals surface area contributed by atoms with Crippen LogP contribution in [0.3, 0.4) is 0 Å². The summed E-state index contributed by atoms with van der Waals surface area (Å²) in [5.74, 6) is 2.75. The van der Waals surface area contributed by atoms with Gasteiger partial charge in [-0.25, -0.2) is 0 Å². The van der Waals surface area contributed by atoms with Gasteiger partial charge in [0, 0.05) is 37.2 Å². The number of benzene rings is 2. The fraction of sp³-hybridized carbons (Fsp3) is 0.370. The fourth-order valence-corrected chi connectivity index (χ4v) is 3.99. The van der Waals surface area contributed by atoms with E-state index in [-0.39, 0.29) is 0 Å². The van der Waals surface area contributed by atoms with Crippen LogP contribution in [0.15, 0.2) is 64.8 Å². The minimum atomic E-state index is 0.433. The van der Waals surface area contributed by atoms with E-state index >= 15 is 0 Å². The van der Waals surface area contributed by atoms with E-state index in [0.29, 0.717) is 50.1 Å². The van der Waals surface area contributed by atoms with Crippen molar-refractivity contribution in [3.05, 3.63) is 71.3 Å². The van der Waals surface area contributed by atoms with Crippen molar-refractivity contribution in [1.29, 1.82) is 0 Å². The lowest BCUT2D eigenvalue weighted by atomic mass is 10.1. The summed E-state index contributed by atoms with van der Waals surface area (Å²) in [6, 6.07) is 17.9. The van der Waals surface area contributed by atoms with Crippen LogP contribution in [0.25, 0.3) is 0 Å². The maximum atomic E-state index is 6.07. The van der Waals surface area contributed by atoms with Crippen molar-refractivity contribution < 1.29 is 18.9 Å². The first-order valence-corrected chi connectivity index (χ1v) is 11.8. The molecule has 1 fully saturated rings. The molecule has 0 aliphatic carbocycles. The van der Waals surface area contributed by atoms with Crippen LogP contribution < -0.4 is 19.1 Å². The van der Waals surface area contributed by atoms with Gasteiger partial charge in [-0.2, -0.15) is 15.2 Å². The molecule has 0 unspecified atom stereocenters. The quantitative estimate of drug-likeness (QED) is 0.377. The topological polar surface area (TPSA) is 77.8 Å². The van der Waals surface area contributed by atoms with Crippen LogP contribution in [0.4, 0.5) is 11.5 Å². The summed E-state index contributed by atoms with van der Waals surface area (Å²) in [7, 11) is 3.28. The van der Waals surface area contributed by atoms with Crippen LogP contribution in [0.1, 0.15) is 16.7 Å². The first kappa shape index (κ1) is 24.5. The number of aromatic nitrogens is 1. The Morgan fingerprint density at radius 3 is 2.60 bits per heavy atom. The molecular formula is C27H32N4O4. The zero-order chi connectivity index (χ0) is 24.5. The van der Waals surface area contributed by atoms with E-state index in [1.165, 1.54) is 5.56 Å². The highest BCUT2D eigenvalue weighted by Gasteiger charge is 2.15. The van der Waals surface area contributed by atoms with E-state index in [9.17, 15) is 0 Å². The number of rotatable bonds is 10. The van der Waals surface area contributed by atoms with Gasteiger partial charge in [0.2, 0.25) is 5.88 Å². The number of hydrogen-bond donors (Lipinski definition) is 0. The molecule has 8 nitrogen and oxygen atoms in total. The zero-order valence-corrected chi connectivity index (χ0v) is 20.6. The number of methoxy groups -OCH3 is 2. The third-order valence-electron chi connectivity index (χ3n) is 5.74. The molecule has 184 valence electrons. The number of anilines is 1. The predicted octanol–water partition coefficient (Wildman–Crippen LogP) is 5.15. The number of morpholine rings is 1. The van der Waals surface area contributed by atoms with Crippen molar-refractivity contribution in [2.24, 2.45) is 10.2 Å². The Balaban J connectivity index is 1.49. The SMILES string of the molecule is COc1cccc(CCOc2cc(N=NCc3cccc(C)c3)cc(N3CCOCC3)n2)c1OC. The Labute approximate surface area is 206 Å². The minimum absolute atomic E-state index is 0.433. The standard InChI is InChI=1S/C27H32N4O4/c1-20-6-4-7-21(16-20)19-28-30-23-17-25(31-11-14-34-15-12-31)29-26(18-23)35-13-10-22-8-5-9-24(32-2)27(22)33-3/h4-9,16-18H,10-15,19H2,1-3H3. The molecule has 1 aliphatic rings. The van der Waals surface area contributed by atoms with Gasteiger partial charge in [0.25, 0.3) is 0 Å². The molecule has 1 aromatic heterocycles. The van der Waals surface area contributed by atoms with Crippen molar-refractivity contribution in [2.75, 3.05) is 52.0 Å². The third-order valence-corrected chi connectivity index (χ3v) is 5.74.